The highest BCUT2D eigenvalue weighted by Crippen LogP contribution is 2.04. The summed E-state index contributed by atoms with van der Waals surface area (Å²) in [5, 5.41) is 3.28. The Morgan fingerprint density at radius 3 is 2.29 bits per heavy atom. The summed E-state index contributed by atoms with van der Waals surface area (Å²) in [6, 6.07) is 0. The molecule has 0 bridgehead atoms. The van der Waals surface area contributed by atoms with Gasteiger partial charge >= 0.3 is 0 Å². The highest BCUT2D eigenvalue weighted by atomic mass is 32.2. The maximum Gasteiger partial charge on any atom is 0.281 e. The van der Waals surface area contributed by atoms with Crippen LogP contribution in [-0.2, 0) is 10.2 Å². The van der Waals surface area contributed by atoms with Gasteiger partial charge in [-0.25, -0.2) is 0 Å². The topological polar surface area (TPSA) is 55.9 Å². The molecule has 0 aromatic rings. The Labute approximate surface area is 105 Å². The molecule has 17 heavy (non-hydrogen) atoms. The zero-order valence-corrected chi connectivity index (χ0v) is 11.8. The summed E-state index contributed by atoms with van der Waals surface area (Å²) in [4.78, 5) is 2.30. The standard InChI is InChI=1S/C10H24N4O2S/c1-4-14(17(15,16)12(2)3)10-9-13-7-5-11-6-8-13/h11H,4-10H2,1-3H3. The molecule has 102 valence electrons. The SMILES string of the molecule is CCN(CCN1CCNCC1)S(=O)(=O)N(C)C. The van der Waals surface area contributed by atoms with Gasteiger partial charge in [0.25, 0.3) is 10.2 Å². The van der Waals surface area contributed by atoms with Crippen molar-refractivity contribution in [1.82, 2.24) is 18.8 Å². The number of hydrogen-bond acceptors (Lipinski definition) is 4. The van der Waals surface area contributed by atoms with Gasteiger partial charge in [0, 0.05) is 59.9 Å². The minimum atomic E-state index is -3.27. The number of nitrogens with zero attached hydrogens (tertiary/aromatic N) is 3. The van der Waals surface area contributed by atoms with Crippen molar-refractivity contribution in [2.75, 3.05) is 59.9 Å². The quantitative estimate of drug-likeness (QED) is 0.670. The molecule has 7 heteroatoms. The number of likely N-dealkylation sites (N-methyl/N-ethyl adjacent to an activating group) is 1. The molecule has 0 saturated carbocycles. The van der Waals surface area contributed by atoms with Gasteiger partial charge in [0.1, 0.15) is 0 Å². The average molecular weight is 264 g/mol. The molecule has 1 heterocycles. The summed E-state index contributed by atoms with van der Waals surface area (Å²) in [5.74, 6) is 0. The zero-order valence-electron chi connectivity index (χ0n) is 11.0. The number of nitrogens with one attached hydrogen (secondary N) is 1. The Hall–Kier alpha value is -0.210. The first-order valence-corrected chi connectivity index (χ1v) is 7.49. The van der Waals surface area contributed by atoms with Gasteiger partial charge in [0.15, 0.2) is 0 Å². The van der Waals surface area contributed by atoms with Crippen LogP contribution in [0.1, 0.15) is 6.92 Å². The first kappa shape index (κ1) is 14.8. The minimum absolute atomic E-state index is 0.520. The third-order valence-corrected chi connectivity index (χ3v) is 5.03. The second-order valence-corrected chi connectivity index (χ2v) is 6.52. The first-order valence-electron chi connectivity index (χ1n) is 6.09. The fraction of sp³-hybridized carbons (Fsp3) is 1.00. The third kappa shape index (κ3) is 4.18. The highest BCUT2D eigenvalue weighted by molar-refractivity contribution is 7.86. The zero-order chi connectivity index (χ0) is 12.9. The summed E-state index contributed by atoms with van der Waals surface area (Å²) >= 11 is 0. The van der Waals surface area contributed by atoms with E-state index < -0.39 is 10.2 Å². The van der Waals surface area contributed by atoms with E-state index in [1.54, 1.807) is 14.1 Å². The molecule has 1 aliphatic rings. The lowest BCUT2D eigenvalue weighted by Gasteiger charge is -2.30. The summed E-state index contributed by atoms with van der Waals surface area (Å²) in [5.41, 5.74) is 0. The lowest BCUT2D eigenvalue weighted by Crippen LogP contribution is -2.48. The minimum Gasteiger partial charge on any atom is -0.314 e. The van der Waals surface area contributed by atoms with Gasteiger partial charge in [-0.3, -0.25) is 4.90 Å². The van der Waals surface area contributed by atoms with Crippen LogP contribution in [0.5, 0.6) is 0 Å². The Morgan fingerprint density at radius 2 is 1.82 bits per heavy atom. The van der Waals surface area contributed by atoms with Gasteiger partial charge in [-0.2, -0.15) is 17.0 Å². The molecule has 6 nitrogen and oxygen atoms in total. The van der Waals surface area contributed by atoms with Gasteiger partial charge in [-0.15, -0.1) is 0 Å². The normalized spacial score (nSPS) is 19.1. The summed E-state index contributed by atoms with van der Waals surface area (Å²) in [7, 11) is -0.121. The average Bonchev–Trinajstić information content (AvgIpc) is 2.30. The monoisotopic (exact) mass is 264 g/mol. The molecule has 0 radical (unpaired) electrons. The molecular formula is C10H24N4O2S. The van der Waals surface area contributed by atoms with E-state index in [0.29, 0.717) is 13.1 Å². The molecular weight excluding hydrogens is 240 g/mol. The Bertz CT molecular complexity index is 312. The fourth-order valence-electron chi connectivity index (χ4n) is 1.86. The van der Waals surface area contributed by atoms with Gasteiger partial charge in [-0.05, 0) is 0 Å². The predicted molar refractivity (Wildman–Crippen MR) is 69.2 cm³/mol. The van der Waals surface area contributed by atoms with Gasteiger partial charge < -0.3 is 5.32 Å². The van der Waals surface area contributed by atoms with Crippen LogP contribution < -0.4 is 5.32 Å². The molecule has 0 spiro atoms. The summed E-state index contributed by atoms with van der Waals surface area (Å²) < 4.78 is 26.7. The van der Waals surface area contributed by atoms with E-state index in [9.17, 15) is 8.42 Å². The maximum atomic E-state index is 12.0. The van der Waals surface area contributed by atoms with Crippen molar-refractivity contribution >= 4 is 10.2 Å². The van der Waals surface area contributed by atoms with Crippen LogP contribution in [0.15, 0.2) is 0 Å². The van der Waals surface area contributed by atoms with Gasteiger partial charge in [0.2, 0.25) is 0 Å². The van der Waals surface area contributed by atoms with Crippen LogP contribution in [0.2, 0.25) is 0 Å². The Morgan fingerprint density at radius 1 is 1.24 bits per heavy atom. The fourth-order valence-corrected chi connectivity index (χ4v) is 2.96. The van der Waals surface area contributed by atoms with Crippen molar-refractivity contribution in [2.24, 2.45) is 0 Å². The van der Waals surface area contributed by atoms with Crippen molar-refractivity contribution in [3.05, 3.63) is 0 Å². The van der Waals surface area contributed by atoms with E-state index in [1.165, 1.54) is 8.61 Å². The van der Waals surface area contributed by atoms with E-state index in [2.05, 4.69) is 10.2 Å². The molecule has 0 atom stereocenters. The Balaban J connectivity index is 2.47. The molecule has 1 aliphatic heterocycles. The largest absolute Gasteiger partial charge is 0.314 e. The van der Waals surface area contributed by atoms with Crippen LogP contribution in [0, 0.1) is 0 Å². The third-order valence-electron chi connectivity index (χ3n) is 3.02. The molecule has 1 rings (SSSR count). The van der Waals surface area contributed by atoms with Crippen molar-refractivity contribution in [1.29, 1.82) is 0 Å². The maximum absolute atomic E-state index is 12.0. The number of hydrogen-bond donors (Lipinski definition) is 1. The van der Waals surface area contributed by atoms with E-state index >= 15 is 0 Å². The molecule has 0 amide bonds. The molecule has 1 N–H and O–H groups in total. The predicted octanol–water partition coefficient (Wildman–Crippen LogP) is -0.980. The van der Waals surface area contributed by atoms with Crippen LogP contribution in [0.3, 0.4) is 0 Å². The molecule has 0 aliphatic carbocycles. The molecule has 0 unspecified atom stereocenters. The summed E-state index contributed by atoms with van der Waals surface area (Å²) in [6.07, 6.45) is 0. The van der Waals surface area contributed by atoms with Gasteiger partial charge in [-0.1, -0.05) is 6.92 Å². The van der Waals surface area contributed by atoms with Crippen LogP contribution in [0.25, 0.3) is 0 Å². The van der Waals surface area contributed by atoms with E-state index in [1.807, 2.05) is 6.92 Å². The second kappa shape index (κ2) is 6.65. The molecule has 1 saturated heterocycles. The number of rotatable bonds is 6. The highest BCUT2D eigenvalue weighted by Gasteiger charge is 2.23. The first-order chi connectivity index (χ1) is 7.98. The van der Waals surface area contributed by atoms with E-state index in [0.717, 1.165) is 32.7 Å². The van der Waals surface area contributed by atoms with Gasteiger partial charge in [0.05, 0.1) is 0 Å². The van der Waals surface area contributed by atoms with Crippen molar-refractivity contribution in [3.63, 3.8) is 0 Å². The van der Waals surface area contributed by atoms with Crippen LogP contribution in [0.4, 0.5) is 0 Å². The van der Waals surface area contributed by atoms with E-state index in [4.69, 9.17) is 0 Å². The van der Waals surface area contributed by atoms with Crippen molar-refractivity contribution < 1.29 is 8.42 Å². The van der Waals surface area contributed by atoms with Crippen LogP contribution >= 0.6 is 0 Å². The van der Waals surface area contributed by atoms with Crippen molar-refractivity contribution in [2.45, 2.75) is 6.92 Å². The lowest BCUT2D eigenvalue weighted by molar-refractivity contribution is 0.222. The molecule has 0 aromatic heterocycles. The smallest absolute Gasteiger partial charge is 0.281 e. The van der Waals surface area contributed by atoms with Crippen LogP contribution in [-0.4, -0.2) is 81.8 Å². The summed E-state index contributed by atoms with van der Waals surface area (Å²) in [6.45, 7) is 7.75. The second-order valence-electron chi connectivity index (χ2n) is 4.37. The lowest BCUT2D eigenvalue weighted by atomic mass is 10.3. The number of piperazine rings is 1. The van der Waals surface area contributed by atoms with E-state index in [-0.39, 0.29) is 0 Å². The van der Waals surface area contributed by atoms with Crippen molar-refractivity contribution in [3.8, 4) is 0 Å². The molecule has 1 fully saturated rings. The molecule has 0 aromatic carbocycles. The Kier molecular flexibility index (Phi) is 5.81.